The smallest absolute Gasteiger partial charge is 0.341 e. The largest absolute Gasteiger partial charge is 0.465 e. The zero-order valence-electron chi connectivity index (χ0n) is 17.4. The van der Waals surface area contributed by atoms with Crippen LogP contribution >= 0.6 is 23.1 Å². The van der Waals surface area contributed by atoms with E-state index in [4.69, 9.17) is 4.74 Å². The molecule has 0 saturated heterocycles. The molecular weight excluding hydrogens is 434 g/mol. The summed E-state index contributed by atoms with van der Waals surface area (Å²) in [4.78, 5) is 43.1. The van der Waals surface area contributed by atoms with Crippen molar-refractivity contribution in [3.8, 4) is 0 Å². The van der Waals surface area contributed by atoms with E-state index in [9.17, 15) is 14.4 Å². The van der Waals surface area contributed by atoms with Gasteiger partial charge >= 0.3 is 5.97 Å². The normalized spacial score (nSPS) is 13.1. The van der Waals surface area contributed by atoms with Gasteiger partial charge in [-0.2, -0.15) is 0 Å². The summed E-state index contributed by atoms with van der Waals surface area (Å²) in [7, 11) is 3.04. The van der Waals surface area contributed by atoms with Crippen molar-refractivity contribution in [1.82, 2.24) is 9.55 Å². The van der Waals surface area contributed by atoms with Gasteiger partial charge in [-0.15, -0.1) is 11.3 Å². The molecule has 1 amide bonds. The Morgan fingerprint density at radius 3 is 2.84 bits per heavy atom. The lowest BCUT2D eigenvalue weighted by molar-refractivity contribution is -0.115. The second-order valence-corrected chi connectivity index (χ2v) is 9.50. The van der Waals surface area contributed by atoms with Gasteiger partial charge in [0.2, 0.25) is 5.91 Å². The molecule has 0 radical (unpaired) electrons. The molecule has 0 aliphatic heterocycles. The number of carbonyl (C=O) groups is 2. The van der Waals surface area contributed by atoms with Gasteiger partial charge in [0, 0.05) is 24.1 Å². The number of benzene rings is 1. The number of methoxy groups -OCH3 is 1. The third kappa shape index (κ3) is 4.38. The van der Waals surface area contributed by atoms with E-state index in [1.54, 1.807) is 19.2 Å². The summed E-state index contributed by atoms with van der Waals surface area (Å²) in [6.07, 6.45) is 4.13. The molecule has 0 atom stereocenters. The van der Waals surface area contributed by atoms with Gasteiger partial charge in [-0.1, -0.05) is 23.9 Å². The van der Waals surface area contributed by atoms with Crippen molar-refractivity contribution in [3.63, 3.8) is 0 Å². The summed E-state index contributed by atoms with van der Waals surface area (Å²) in [5, 5.41) is 4.62. The van der Waals surface area contributed by atoms with Crippen molar-refractivity contribution in [3.05, 3.63) is 50.6 Å². The molecule has 3 aromatic rings. The molecule has 1 aliphatic carbocycles. The van der Waals surface area contributed by atoms with E-state index in [-0.39, 0.29) is 17.9 Å². The lowest BCUT2D eigenvalue weighted by atomic mass is 9.95. The molecule has 2 heterocycles. The molecule has 0 saturated carbocycles. The second kappa shape index (κ2) is 9.23. The van der Waals surface area contributed by atoms with Crippen LogP contribution in [0.5, 0.6) is 0 Å². The number of nitrogens with one attached hydrogen (secondary N) is 1. The first-order chi connectivity index (χ1) is 15.0. The number of para-hydroxylation sites is 1. The number of nitrogens with zero attached hydrogens (tertiary/aromatic N) is 2. The van der Waals surface area contributed by atoms with Gasteiger partial charge in [-0.3, -0.25) is 14.2 Å². The highest BCUT2D eigenvalue weighted by atomic mass is 32.2. The summed E-state index contributed by atoms with van der Waals surface area (Å²) in [6, 6.07) is 7.22. The molecule has 1 N–H and O–H groups in total. The minimum Gasteiger partial charge on any atom is -0.465 e. The number of aromatic nitrogens is 2. The molecular formula is C22H23N3O4S2. The molecule has 4 rings (SSSR count). The fraction of sp³-hybridized carbons (Fsp3) is 0.364. The molecule has 0 spiro atoms. The number of carbonyl (C=O) groups excluding carboxylic acids is 2. The van der Waals surface area contributed by atoms with Gasteiger partial charge < -0.3 is 10.1 Å². The number of rotatable bonds is 6. The van der Waals surface area contributed by atoms with Crippen LogP contribution in [0.1, 0.15) is 40.1 Å². The summed E-state index contributed by atoms with van der Waals surface area (Å²) >= 11 is 2.83. The minimum atomic E-state index is -0.403. The first kappa shape index (κ1) is 21.6. The number of esters is 1. The molecule has 0 bridgehead atoms. The lowest BCUT2D eigenvalue weighted by Crippen LogP contribution is -2.20. The minimum absolute atomic E-state index is 0.107. The van der Waals surface area contributed by atoms with Gasteiger partial charge in [0.25, 0.3) is 5.56 Å². The van der Waals surface area contributed by atoms with Crippen molar-refractivity contribution in [2.45, 2.75) is 37.3 Å². The van der Waals surface area contributed by atoms with Gasteiger partial charge in [-0.25, -0.2) is 9.78 Å². The van der Waals surface area contributed by atoms with E-state index in [2.05, 4.69) is 10.3 Å². The van der Waals surface area contributed by atoms with Crippen LogP contribution in [-0.2, 0) is 29.4 Å². The fourth-order valence-corrected chi connectivity index (χ4v) is 5.93. The van der Waals surface area contributed by atoms with Crippen LogP contribution in [0.4, 0.5) is 5.00 Å². The maximum absolute atomic E-state index is 12.6. The maximum atomic E-state index is 12.6. The van der Waals surface area contributed by atoms with Crippen molar-refractivity contribution in [2.24, 2.45) is 7.05 Å². The van der Waals surface area contributed by atoms with E-state index in [1.165, 1.54) is 34.8 Å². The summed E-state index contributed by atoms with van der Waals surface area (Å²) < 4.78 is 6.46. The summed E-state index contributed by atoms with van der Waals surface area (Å²) in [5.74, 6) is -0.121. The highest BCUT2D eigenvalue weighted by molar-refractivity contribution is 7.99. The molecule has 0 fully saturated rings. The van der Waals surface area contributed by atoms with Crippen LogP contribution in [0.25, 0.3) is 10.9 Å². The van der Waals surface area contributed by atoms with Crippen LogP contribution in [-0.4, -0.2) is 34.3 Å². The first-order valence-electron chi connectivity index (χ1n) is 10.1. The number of ether oxygens (including phenoxy) is 1. The van der Waals surface area contributed by atoms with Crippen molar-refractivity contribution >= 4 is 50.9 Å². The Balaban J connectivity index is 1.44. The zero-order valence-corrected chi connectivity index (χ0v) is 19.0. The van der Waals surface area contributed by atoms with E-state index in [0.717, 1.165) is 36.1 Å². The standard InChI is InChI=1S/C22H23N3O4S2/c1-25-20(27)13-7-3-5-9-15(13)23-22(25)30-12-11-17(26)24-19-18(21(28)29-2)14-8-4-6-10-16(14)31-19/h3,5,7,9H,4,6,8,10-12H2,1-2H3,(H,24,26). The predicted octanol–water partition coefficient (Wildman–Crippen LogP) is 3.78. The number of hydrogen-bond donors (Lipinski definition) is 1. The SMILES string of the molecule is COC(=O)c1c(NC(=O)CCSc2nc3ccccc3c(=O)n2C)sc2c1CCCC2. The third-order valence-corrected chi connectivity index (χ3v) is 7.56. The maximum Gasteiger partial charge on any atom is 0.341 e. The first-order valence-corrected chi connectivity index (χ1v) is 11.9. The summed E-state index contributed by atoms with van der Waals surface area (Å²) in [6.45, 7) is 0. The Bertz CT molecular complexity index is 1220. The lowest BCUT2D eigenvalue weighted by Gasteiger charge is -2.11. The molecule has 0 unspecified atom stereocenters. The number of fused-ring (bicyclic) bond motifs is 2. The van der Waals surface area contributed by atoms with Crippen LogP contribution < -0.4 is 10.9 Å². The van der Waals surface area contributed by atoms with Crippen LogP contribution in [0.15, 0.2) is 34.2 Å². The molecule has 162 valence electrons. The predicted molar refractivity (Wildman–Crippen MR) is 123 cm³/mol. The topological polar surface area (TPSA) is 90.3 Å². The molecule has 2 aromatic heterocycles. The Labute approximate surface area is 187 Å². The van der Waals surface area contributed by atoms with E-state index >= 15 is 0 Å². The highest BCUT2D eigenvalue weighted by Crippen LogP contribution is 2.38. The number of thioether (sulfide) groups is 1. The van der Waals surface area contributed by atoms with E-state index in [0.29, 0.717) is 32.4 Å². The zero-order chi connectivity index (χ0) is 22.0. The Hall–Kier alpha value is -2.65. The second-order valence-electron chi connectivity index (χ2n) is 7.33. The number of hydrogen-bond acceptors (Lipinski definition) is 7. The molecule has 1 aliphatic rings. The van der Waals surface area contributed by atoms with E-state index in [1.807, 2.05) is 12.1 Å². The van der Waals surface area contributed by atoms with Crippen molar-refractivity contribution < 1.29 is 14.3 Å². The summed E-state index contributed by atoms with van der Waals surface area (Å²) in [5.41, 5.74) is 2.05. The quantitative estimate of drug-likeness (QED) is 0.344. The average molecular weight is 458 g/mol. The van der Waals surface area contributed by atoms with Crippen LogP contribution in [0.3, 0.4) is 0 Å². The Morgan fingerprint density at radius 1 is 1.26 bits per heavy atom. The van der Waals surface area contributed by atoms with Crippen LogP contribution in [0.2, 0.25) is 0 Å². The molecule has 9 heteroatoms. The van der Waals surface area contributed by atoms with Gasteiger partial charge in [0.15, 0.2) is 5.16 Å². The van der Waals surface area contributed by atoms with Crippen molar-refractivity contribution in [1.29, 1.82) is 0 Å². The van der Waals surface area contributed by atoms with Gasteiger partial charge in [0.1, 0.15) is 5.00 Å². The Kier molecular flexibility index (Phi) is 6.43. The van der Waals surface area contributed by atoms with E-state index < -0.39 is 5.97 Å². The van der Waals surface area contributed by atoms with Gasteiger partial charge in [-0.05, 0) is 43.4 Å². The number of thiophene rings is 1. The molecule has 1 aromatic carbocycles. The highest BCUT2D eigenvalue weighted by Gasteiger charge is 2.26. The third-order valence-electron chi connectivity index (χ3n) is 5.32. The monoisotopic (exact) mass is 457 g/mol. The van der Waals surface area contributed by atoms with Crippen molar-refractivity contribution in [2.75, 3.05) is 18.2 Å². The fourth-order valence-electron chi connectivity index (χ4n) is 3.72. The number of amides is 1. The number of aryl methyl sites for hydroxylation is 1. The average Bonchev–Trinajstić information content (AvgIpc) is 3.14. The van der Waals surface area contributed by atoms with Gasteiger partial charge in [0.05, 0.1) is 23.6 Å². The Morgan fingerprint density at radius 2 is 2.03 bits per heavy atom. The molecule has 7 nitrogen and oxygen atoms in total. The van der Waals surface area contributed by atoms with Crippen LogP contribution in [0, 0.1) is 0 Å². The molecule has 31 heavy (non-hydrogen) atoms. The number of anilines is 1.